The van der Waals surface area contributed by atoms with Gasteiger partial charge in [0.15, 0.2) is 6.23 Å². The Labute approximate surface area is 234 Å². The fourth-order valence-corrected chi connectivity index (χ4v) is 7.50. The van der Waals surface area contributed by atoms with E-state index in [0.29, 0.717) is 18.5 Å². The molecule has 0 saturated carbocycles. The highest BCUT2D eigenvalue weighted by molar-refractivity contribution is 6.30. The minimum atomic E-state index is -1.01. The van der Waals surface area contributed by atoms with Crippen LogP contribution in [0.4, 0.5) is 0 Å². The van der Waals surface area contributed by atoms with Gasteiger partial charge in [0.25, 0.3) is 5.91 Å². The second-order valence-electron chi connectivity index (χ2n) is 11.1. The van der Waals surface area contributed by atoms with Crippen molar-refractivity contribution in [3.05, 3.63) is 59.7 Å². The van der Waals surface area contributed by atoms with E-state index in [1.807, 2.05) is 24.3 Å². The molecule has 0 radical (unpaired) electrons. The van der Waals surface area contributed by atoms with Crippen molar-refractivity contribution in [1.29, 1.82) is 0 Å². The third kappa shape index (κ3) is 3.11. The number of carboxylic acid groups (broad SMARTS) is 1. The van der Waals surface area contributed by atoms with Crippen molar-refractivity contribution < 1.29 is 29.0 Å². The van der Waals surface area contributed by atoms with Crippen molar-refractivity contribution in [2.75, 3.05) is 14.2 Å². The molecule has 3 aliphatic rings. The van der Waals surface area contributed by atoms with E-state index in [2.05, 4.69) is 38.7 Å². The molecule has 0 spiro atoms. The molecule has 3 aromatic carbocycles. The first kappa shape index (κ1) is 24.4. The van der Waals surface area contributed by atoms with Crippen LogP contribution in [0.1, 0.15) is 47.6 Å². The molecule has 2 aromatic heterocycles. The minimum absolute atomic E-state index is 0.0776. The zero-order valence-corrected chi connectivity index (χ0v) is 22.6. The molecule has 3 aliphatic heterocycles. The second kappa shape index (κ2) is 8.55. The minimum Gasteiger partial charge on any atom is -0.481 e. The Hall–Kier alpha value is -4.41. The van der Waals surface area contributed by atoms with Gasteiger partial charge in [-0.2, -0.15) is 0 Å². The number of hydrogen-bond acceptors (Lipinski definition) is 5. The lowest BCUT2D eigenvalue weighted by Crippen LogP contribution is -2.53. The lowest BCUT2D eigenvalue weighted by molar-refractivity contribution is -0.208. The van der Waals surface area contributed by atoms with Crippen LogP contribution in [0.2, 0.25) is 0 Å². The summed E-state index contributed by atoms with van der Waals surface area (Å²) in [6.45, 7) is 0.445. The summed E-state index contributed by atoms with van der Waals surface area (Å²) < 4.78 is 17.5. The van der Waals surface area contributed by atoms with Crippen molar-refractivity contribution in [3.63, 3.8) is 0 Å². The molecule has 5 aromatic rings. The number of hydrogen-bond donors (Lipinski definition) is 2. The maximum Gasteiger partial charge on any atom is 0.303 e. The van der Waals surface area contributed by atoms with E-state index >= 15 is 0 Å². The van der Waals surface area contributed by atoms with Gasteiger partial charge in [0.2, 0.25) is 5.91 Å². The maximum absolute atomic E-state index is 13.4. The number of aromatic nitrogens is 2. The Morgan fingerprint density at radius 2 is 1.68 bits per heavy atom. The highest BCUT2D eigenvalue weighted by Crippen LogP contribution is 2.52. The van der Waals surface area contributed by atoms with Crippen LogP contribution in [0.5, 0.6) is 0 Å². The monoisotopic (exact) mass is 552 g/mol. The van der Waals surface area contributed by atoms with Crippen LogP contribution in [0.3, 0.4) is 0 Å². The van der Waals surface area contributed by atoms with Gasteiger partial charge in [-0.1, -0.05) is 36.4 Å². The largest absolute Gasteiger partial charge is 0.481 e. The van der Waals surface area contributed by atoms with Gasteiger partial charge in [0.1, 0.15) is 12.3 Å². The van der Waals surface area contributed by atoms with Gasteiger partial charge >= 0.3 is 5.97 Å². The van der Waals surface area contributed by atoms with Gasteiger partial charge in [-0.15, -0.1) is 0 Å². The standard InChI is InChI=1S/C31H28N4O6/c1-33(21(36)11-12-23(37)38)20-13-22-34-18-9-5-4-8-16(18)25-26-17(14-32-30(26)39)24-15-7-3-6-10-19(15)35(27(24)28(25)34)31(41-22)29(20)40-2/h3-10,20,22,29,31H,11-14H2,1-2H3,(H,32,39)(H,37,38)/t20-,22-,29-,31?/m1/s1. The van der Waals surface area contributed by atoms with E-state index in [-0.39, 0.29) is 30.7 Å². The molecule has 41 heavy (non-hydrogen) atoms. The van der Waals surface area contributed by atoms with Gasteiger partial charge in [-0.3, -0.25) is 14.4 Å². The average molecular weight is 553 g/mol. The average Bonchev–Trinajstić information content (AvgIpc) is 3.61. The first-order valence-corrected chi connectivity index (χ1v) is 13.8. The number of likely N-dealkylation sites (N-methyl/N-ethyl adjacent to an activating group) is 1. The smallest absolute Gasteiger partial charge is 0.303 e. The lowest BCUT2D eigenvalue weighted by Gasteiger charge is -2.45. The summed E-state index contributed by atoms with van der Waals surface area (Å²) in [5.41, 5.74) is 5.54. The Morgan fingerprint density at radius 3 is 2.39 bits per heavy atom. The topological polar surface area (TPSA) is 115 Å². The number of methoxy groups -OCH3 is 1. The van der Waals surface area contributed by atoms with Crippen molar-refractivity contribution in [1.82, 2.24) is 19.4 Å². The number of carbonyl (C=O) groups excluding carboxylic acids is 2. The van der Waals surface area contributed by atoms with Crippen LogP contribution in [0.15, 0.2) is 48.5 Å². The summed E-state index contributed by atoms with van der Waals surface area (Å²) in [6.07, 6.45) is -1.45. The van der Waals surface area contributed by atoms with Gasteiger partial charge in [0, 0.05) is 55.1 Å². The van der Waals surface area contributed by atoms with E-state index in [0.717, 1.165) is 49.2 Å². The highest BCUT2D eigenvalue weighted by atomic mass is 16.6. The third-order valence-corrected chi connectivity index (χ3v) is 9.21. The van der Waals surface area contributed by atoms with Gasteiger partial charge < -0.3 is 33.9 Å². The predicted octanol–water partition coefficient (Wildman–Crippen LogP) is 4.28. The van der Waals surface area contributed by atoms with E-state index in [9.17, 15) is 19.5 Å². The van der Waals surface area contributed by atoms with Gasteiger partial charge in [-0.05, 0) is 17.7 Å². The molecule has 8 rings (SSSR count). The fourth-order valence-electron chi connectivity index (χ4n) is 7.50. The summed E-state index contributed by atoms with van der Waals surface area (Å²) >= 11 is 0. The summed E-state index contributed by atoms with van der Waals surface area (Å²) in [5.74, 6) is -1.34. The first-order valence-electron chi connectivity index (χ1n) is 13.8. The van der Waals surface area contributed by atoms with Crippen LogP contribution in [0.25, 0.3) is 43.6 Å². The van der Waals surface area contributed by atoms with E-state index in [4.69, 9.17) is 9.47 Å². The number of amides is 2. The second-order valence-corrected chi connectivity index (χ2v) is 11.1. The molecule has 4 atom stereocenters. The molecule has 10 heteroatoms. The van der Waals surface area contributed by atoms with E-state index < -0.39 is 24.5 Å². The highest BCUT2D eigenvalue weighted by Gasteiger charge is 2.48. The predicted molar refractivity (Wildman–Crippen MR) is 152 cm³/mol. The quantitative estimate of drug-likeness (QED) is 0.336. The van der Waals surface area contributed by atoms with Crippen LogP contribution in [-0.4, -0.2) is 63.2 Å². The first-order chi connectivity index (χ1) is 19.9. The fraction of sp³-hybridized carbons (Fsp3) is 0.323. The maximum atomic E-state index is 13.4. The summed E-state index contributed by atoms with van der Waals surface area (Å²) in [5, 5.41) is 16.2. The third-order valence-electron chi connectivity index (χ3n) is 9.21. The SMILES string of the molecule is CO[C@H]1C2O[C@H](C[C@H]1N(C)C(=O)CCC(=O)O)n1c3ccccc3c3c4c(c5c6ccccc6n2c5c31)CNC4=O. The van der Waals surface area contributed by atoms with Crippen LogP contribution < -0.4 is 5.32 Å². The zero-order valence-electron chi connectivity index (χ0n) is 22.6. The Kier molecular flexibility index (Phi) is 5.08. The van der Waals surface area contributed by atoms with Crippen LogP contribution >= 0.6 is 0 Å². The summed E-state index contributed by atoms with van der Waals surface area (Å²) in [6, 6.07) is 15.8. The van der Waals surface area contributed by atoms with Gasteiger partial charge in [0.05, 0.1) is 40.1 Å². The number of ether oxygens (including phenoxy) is 2. The Bertz CT molecular complexity index is 1970. The number of nitrogens with one attached hydrogen (secondary N) is 1. The van der Waals surface area contributed by atoms with Gasteiger partial charge in [-0.25, -0.2) is 0 Å². The molecule has 1 saturated heterocycles. The summed E-state index contributed by atoms with van der Waals surface area (Å²) in [4.78, 5) is 39.5. The number of benzene rings is 3. The molecule has 2 amide bonds. The van der Waals surface area contributed by atoms with E-state index in [1.54, 1.807) is 19.1 Å². The van der Waals surface area contributed by atoms with Crippen molar-refractivity contribution in [2.24, 2.45) is 0 Å². The number of carboxylic acids is 1. The number of para-hydroxylation sites is 2. The number of nitrogens with zero attached hydrogens (tertiary/aromatic N) is 3. The zero-order chi connectivity index (χ0) is 28.2. The van der Waals surface area contributed by atoms with E-state index in [1.165, 1.54) is 0 Å². The number of aliphatic carboxylic acids is 1. The number of carbonyl (C=O) groups is 3. The number of fused-ring (bicyclic) bond motifs is 13. The normalized spacial score (nSPS) is 22.9. The molecule has 2 bridgehead atoms. The molecule has 1 fully saturated rings. The van der Waals surface area contributed by atoms with Crippen molar-refractivity contribution in [2.45, 2.75) is 50.4 Å². The number of rotatable bonds is 5. The molecule has 208 valence electrons. The Morgan fingerprint density at radius 1 is 1.02 bits per heavy atom. The molecular weight excluding hydrogens is 524 g/mol. The molecule has 5 heterocycles. The molecular formula is C31H28N4O6. The van der Waals surface area contributed by atoms with Crippen LogP contribution in [0, 0.1) is 0 Å². The van der Waals surface area contributed by atoms with Crippen molar-refractivity contribution >= 4 is 61.4 Å². The summed E-state index contributed by atoms with van der Waals surface area (Å²) in [7, 11) is 3.35. The molecule has 2 N–H and O–H groups in total. The lowest BCUT2D eigenvalue weighted by atomic mass is 9.97. The molecule has 1 unspecified atom stereocenters. The molecule has 10 nitrogen and oxygen atoms in total. The Balaban J connectivity index is 1.48. The van der Waals surface area contributed by atoms with Crippen molar-refractivity contribution in [3.8, 4) is 0 Å². The molecule has 0 aliphatic carbocycles. The van der Waals surface area contributed by atoms with Crippen LogP contribution in [-0.2, 0) is 25.6 Å².